The van der Waals surface area contributed by atoms with Crippen LogP contribution in [-0.4, -0.2) is 62.3 Å². The van der Waals surface area contributed by atoms with Gasteiger partial charge in [-0.1, -0.05) is 24.6 Å². The molecule has 1 saturated carbocycles. The first-order chi connectivity index (χ1) is 15.5. The molecule has 1 saturated heterocycles. The third-order valence-electron chi connectivity index (χ3n) is 7.25. The second-order valence-corrected chi connectivity index (χ2v) is 11.8. The summed E-state index contributed by atoms with van der Waals surface area (Å²) < 4.78 is 33.3. The van der Waals surface area contributed by atoms with Crippen molar-refractivity contribution in [2.45, 2.75) is 77.2 Å². The van der Waals surface area contributed by atoms with E-state index in [1.165, 1.54) is 4.31 Å². The lowest BCUT2D eigenvalue weighted by Crippen LogP contribution is -2.43. The van der Waals surface area contributed by atoms with Crippen molar-refractivity contribution in [3.8, 4) is 0 Å². The summed E-state index contributed by atoms with van der Waals surface area (Å²) in [7, 11) is -1.84. The molecule has 2 fully saturated rings. The molecule has 0 N–H and O–H groups in total. The molecule has 1 aliphatic heterocycles. The summed E-state index contributed by atoms with van der Waals surface area (Å²) in [6, 6.07) is 3.98. The van der Waals surface area contributed by atoms with Crippen molar-refractivity contribution in [2.75, 3.05) is 26.7 Å². The second-order valence-electron chi connectivity index (χ2n) is 9.93. The summed E-state index contributed by atoms with van der Waals surface area (Å²) in [4.78, 5) is 27.1. The highest BCUT2D eigenvalue weighted by atomic mass is 32.2. The van der Waals surface area contributed by atoms with Crippen LogP contribution in [0.5, 0.6) is 0 Å². The van der Waals surface area contributed by atoms with Gasteiger partial charge in [-0.25, -0.2) is 8.42 Å². The highest BCUT2D eigenvalue weighted by molar-refractivity contribution is 7.89. The lowest BCUT2D eigenvalue weighted by molar-refractivity contribution is -0.157. The molecule has 0 spiro atoms. The number of nitrogens with zero attached hydrogens (tertiary/aromatic N) is 2. The molecule has 184 valence electrons. The van der Waals surface area contributed by atoms with Crippen LogP contribution in [0.25, 0.3) is 0 Å². The fourth-order valence-electron chi connectivity index (χ4n) is 5.22. The van der Waals surface area contributed by atoms with E-state index < -0.39 is 16.0 Å². The maximum absolute atomic E-state index is 13.2. The smallest absolute Gasteiger partial charge is 0.309 e. The number of ether oxygens (including phenoxy) is 1. The minimum atomic E-state index is -3.62. The SMILES string of the molecule is Cc1cc(C)c(S(=O)(=O)N2CCC(C(=O)OCC(=O)N(C)C3CCC(C)CC3)CC2)c(C)c1. The zero-order valence-electron chi connectivity index (χ0n) is 20.6. The van der Waals surface area contributed by atoms with Crippen LogP contribution in [0.1, 0.15) is 62.1 Å². The topological polar surface area (TPSA) is 84.0 Å². The van der Waals surface area contributed by atoms with Gasteiger partial charge in [0.15, 0.2) is 6.61 Å². The first-order valence-corrected chi connectivity index (χ1v) is 13.4. The van der Waals surface area contributed by atoms with Crippen molar-refractivity contribution in [1.82, 2.24) is 9.21 Å². The molecule has 0 bridgehead atoms. The van der Waals surface area contributed by atoms with Crippen molar-refractivity contribution in [3.05, 3.63) is 28.8 Å². The van der Waals surface area contributed by atoms with Crippen LogP contribution in [0.15, 0.2) is 17.0 Å². The van der Waals surface area contributed by atoms with Gasteiger partial charge in [0.05, 0.1) is 10.8 Å². The number of sulfonamides is 1. The maximum atomic E-state index is 13.2. The van der Waals surface area contributed by atoms with E-state index in [4.69, 9.17) is 4.74 Å². The number of hydrogen-bond donors (Lipinski definition) is 0. The molecule has 33 heavy (non-hydrogen) atoms. The Morgan fingerprint density at radius 2 is 1.55 bits per heavy atom. The average molecular weight is 479 g/mol. The van der Waals surface area contributed by atoms with Gasteiger partial charge in [0.2, 0.25) is 10.0 Å². The zero-order chi connectivity index (χ0) is 24.3. The van der Waals surface area contributed by atoms with Gasteiger partial charge in [-0.05, 0) is 76.3 Å². The van der Waals surface area contributed by atoms with E-state index in [0.29, 0.717) is 23.7 Å². The van der Waals surface area contributed by atoms with Gasteiger partial charge >= 0.3 is 5.97 Å². The van der Waals surface area contributed by atoms with Crippen LogP contribution < -0.4 is 0 Å². The lowest BCUT2D eigenvalue weighted by atomic mass is 9.87. The number of carbonyl (C=O) groups is 2. The van der Waals surface area contributed by atoms with Crippen LogP contribution in [0.2, 0.25) is 0 Å². The largest absolute Gasteiger partial charge is 0.455 e. The number of piperidine rings is 1. The van der Waals surface area contributed by atoms with Crippen molar-refractivity contribution >= 4 is 21.9 Å². The summed E-state index contributed by atoms with van der Waals surface area (Å²) in [5.74, 6) is -0.261. The van der Waals surface area contributed by atoms with Gasteiger partial charge in [0, 0.05) is 26.2 Å². The van der Waals surface area contributed by atoms with Crippen LogP contribution in [0, 0.1) is 32.6 Å². The Bertz CT molecular complexity index is 952. The van der Waals surface area contributed by atoms with Crippen LogP contribution in [0.3, 0.4) is 0 Å². The van der Waals surface area contributed by atoms with Gasteiger partial charge in [-0.3, -0.25) is 9.59 Å². The predicted octanol–water partition coefficient (Wildman–Crippen LogP) is 3.59. The Hall–Kier alpha value is -1.93. The quantitative estimate of drug-likeness (QED) is 0.584. The van der Waals surface area contributed by atoms with Crippen molar-refractivity contribution in [2.24, 2.45) is 11.8 Å². The molecule has 1 aromatic rings. The van der Waals surface area contributed by atoms with Gasteiger partial charge in [0.1, 0.15) is 0 Å². The highest BCUT2D eigenvalue weighted by Crippen LogP contribution is 2.29. The molecular weight excluding hydrogens is 440 g/mol. The fraction of sp³-hybridized carbons (Fsp3) is 0.680. The molecule has 0 unspecified atom stereocenters. The molecule has 1 aliphatic carbocycles. The summed E-state index contributed by atoms with van der Waals surface area (Å²) in [6.07, 6.45) is 5.00. The molecule has 1 aromatic carbocycles. The lowest BCUT2D eigenvalue weighted by Gasteiger charge is -2.34. The molecule has 1 amide bonds. The molecule has 0 radical (unpaired) electrons. The van der Waals surface area contributed by atoms with Gasteiger partial charge in [-0.15, -0.1) is 0 Å². The summed E-state index contributed by atoms with van der Waals surface area (Å²) in [5, 5.41) is 0. The Kier molecular flexibility index (Phi) is 8.22. The summed E-state index contributed by atoms with van der Waals surface area (Å²) >= 11 is 0. The molecule has 1 heterocycles. The fourth-order valence-corrected chi connectivity index (χ4v) is 7.10. The molecule has 0 atom stereocenters. The first-order valence-electron chi connectivity index (χ1n) is 12.0. The number of likely N-dealkylation sites (N-methyl/N-ethyl adjacent to an activating group) is 1. The van der Waals surface area contributed by atoms with Crippen LogP contribution in [0.4, 0.5) is 0 Å². The minimum absolute atomic E-state index is 0.173. The Labute approximate surface area is 198 Å². The van der Waals surface area contributed by atoms with E-state index >= 15 is 0 Å². The maximum Gasteiger partial charge on any atom is 0.309 e. The number of rotatable bonds is 6. The van der Waals surface area contributed by atoms with Crippen LogP contribution in [-0.2, 0) is 24.3 Å². The van der Waals surface area contributed by atoms with Crippen molar-refractivity contribution in [1.29, 1.82) is 0 Å². The molecule has 7 nitrogen and oxygen atoms in total. The molecular formula is C25H38N2O5S. The van der Waals surface area contributed by atoms with Crippen molar-refractivity contribution < 1.29 is 22.7 Å². The number of carbonyl (C=O) groups excluding carboxylic acids is 2. The summed E-state index contributed by atoms with van der Waals surface area (Å²) in [5.41, 5.74) is 2.51. The van der Waals surface area contributed by atoms with Gasteiger partial charge in [0.25, 0.3) is 5.91 Å². The van der Waals surface area contributed by atoms with E-state index in [2.05, 4.69) is 6.92 Å². The Morgan fingerprint density at radius 1 is 1.00 bits per heavy atom. The molecule has 2 aliphatic rings. The number of esters is 1. The van der Waals surface area contributed by atoms with Gasteiger partial charge in [-0.2, -0.15) is 4.31 Å². The normalized spacial score (nSPS) is 22.7. The molecule has 3 rings (SSSR count). The zero-order valence-corrected chi connectivity index (χ0v) is 21.4. The molecule has 8 heteroatoms. The third-order valence-corrected chi connectivity index (χ3v) is 9.46. The average Bonchev–Trinajstić information content (AvgIpc) is 2.76. The molecule has 0 aromatic heterocycles. The van der Waals surface area contributed by atoms with Crippen LogP contribution >= 0.6 is 0 Å². The monoisotopic (exact) mass is 478 g/mol. The first kappa shape index (κ1) is 25.7. The number of hydrogen-bond acceptors (Lipinski definition) is 5. The van der Waals surface area contributed by atoms with Crippen molar-refractivity contribution in [3.63, 3.8) is 0 Å². The van der Waals surface area contributed by atoms with E-state index in [9.17, 15) is 18.0 Å². The van der Waals surface area contributed by atoms with E-state index in [0.717, 1.165) is 42.4 Å². The third kappa shape index (κ3) is 5.96. The van der Waals surface area contributed by atoms with E-state index in [-0.39, 0.29) is 37.6 Å². The number of amides is 1. The summed E-state index contributed by atoms with van der Waals surface area (Å²) in [6.45, 7) is 8.11. The standard InChI is InChI=1S/C25H38N2O5S/c1-17-6-8-22(9-7-17)26(5)23(28)16-32-25(29)21-10-12-27(13-11-21)33(30,31)24-19(3)14-18(2)15-20(24)4/h14-15,17,21-22H,6-13,16H2,1-5H3. The van der Waals surface area contributed by atoms with Gasteiger partial charge < -0.3 is 9.64 Å². The van der Waals surface area contributed by atoms with E-state index in [1.807, 2.05) is 32.9 Å². The predicted molar refractivity (Wildman–Crippen MR) is 127 cm³/mol. The van der Waals surface area contributed by atoms with E-state index in [1.54, 1.807) is 11.9 Å². The second kappa shape index (κ2) is 10.6. The minimum Gasteiger partial charge on any atom is -0.455 e. The number of benzene rings is 1. The number of aryl methyl sites for hydroxylation is 3. The Morgan fingerprint density at radius 3 is 2.09 bits per heavy atom. The Balaban J connectivity index is 1.51. The highest BCUT2D eigenvalue weighted by Gasteiger charge is 2.35.